The van der Waals surface area contributed by atoms with Gasteiger partial charge in [0.2, 0.25) is 5.91 Å². The molecule has 28 heavy (non-hydrogen) atoms. The predicted octanol–water partition coefficient (Wildman–Crippen LogP) is 4.00. The quantitative estimate of drug-likeness (QED) is 0.383. The molecule has 0 unspecified atom stereocenters. The summed E-state index contributed by atoms with van der Waals surface area (Å²) in [6, 6.07) is 9.90. The summed E-state index contributed by atoms with van der Waals surface area (Å²) in [6.07, 6.45) is 3.27. The van der Waals surface area contributed by atoms with Crippen LogP contribution in [0.5, 0.6) is 0 Å². The molecular formula is C19H20N4O2S3. The first-order chi connectivity index (χ1) is 13.5. The number of hydrogen-bond acceptors (Lipinski definition) is 6. The van der Waals surface area contributed by atoms with E-state index in [9.17, 15) is 9.59 Å². The lowest BCUT2D eigenvalue weighted by Crippen LogP contribution is -2.43. The van der Waals surface area contributed by atoms with Crippen LogP contribution in [-0.2, 0) is 4.79 Å². The Morgan fingerprint density at radius 1 is 1.36 bits per heavy atom. The van der Waals surface area contributed by atoms with Crippen molar-refractivity contribution in [1.29, 1.82) is 0 Å². The number of nitrogens with one attached hydrogen (secondary N) is 1. The Kier molecular flexibility index (Phi) is 5.65. The molecule has 1 atom stereocenters. The third-order valence-electron chi connectivity index (χ3n) is 4.89. The van der Waals surface area contributed by atoms with Gasteiger partial charge in [-0.15, -0.1) is 0 Å². The Morgan fingerprint density at radius 2 is 2.14 bits per heavy atom. The molecule has 4 rings (SSSR count). The van der Waals surface area contributed by atoms with Crippen molar-refractivity contribution in [3.05, 3.63) is 44.6 Å². The summed E-state index contributed by atoms with van der Waals surface area (Å²) in [6.45, 7) is 2.90. The van der Waals surface area contributed by atoms with Crippen LogP contribution in [0.3, 0.4) is 0 Å². The van der Waals surface area contributed by atoms with Gasteiger partial charge in [0.15, 0.2) is 14.8 Å². The van der Waals surface area contributed by atoms with E-state index < -0.39 is 0 Å². The van der Waals surface area contributed by atoms with Gasteiger partial charge in [-0.25, -0.2) is 4.98 Å². The number of thiazole rings is 1. The zero-order valence-corrected chi connectivity index (χ0v) is 17.8. The van der Waals surface area contributed by atoms with Gasteiger partial charge in [-0.1, -0.05) is 41.3 Å². The second kappa shape index (κ2) is 8.18. The molecule has 1 aliphatic heterocycles. The van der Waals surface area contributed by atoms with Crippen molar-refractivity contribution in [1.82, 2.24) is 19.4 Å². The number of amides is 1. The zero-order chi connectivity index (χ0) is 19.7. The normalized spacial score (nSPS) is 17.2. The van der Waals surface area contributed by atoms with E-state index in [0.717, 1.165) is 25.1 Å². The number of carbonyl (C=O) groups excluding carboxylic acids is 1. The van der Waals surface area contributed by atoms with Crippen molar-refractivity contribution < 1.29 is 4.79 Å². The second-order valence-electron chi connectivity index (χ2n) is 6.78. The number of H-pyrrole nitrogens is 1. The highest BCUT2D eigenvalue weighted by Gasteiger charge is 2.23. The van der Waals surface area contributed by atoms with Gasteiger partial charge in [0.25, 0.3) is 5.56 Å². The van der Waals surface area contributed by atoms with Crippen molar-refractivity contribution in [2.75, 3.05) is 12.3 Å². The lowest BCUT2D eigenvalue weighted by atomic mass is 10.0. The minimum absolute atomic E-state index is 0.0881. The minimum Gasteiger partial charge on any atom is -0.339 e. The van der Waals surface area contributed by atoms with Crippen molar-refractivity contribution in [2.24, 2.45) is 0 Å². The topological polar surface area (TPSA) is 71.0 Å². The molecule has 1 N–H and O–H groups in total. The third kappa shape index (κ3) is 3.78. The maximum atomic E-state index is 12.6. The number of aromatic nitrogens is 3. The molecule has 6 nitrogen and oxygen atoms in total. The Bertz CT molecular complexity index is 1120. The molecule has 0 bridgehead atoms. The van der Waals surface area contributed by atoms with Gasteiger partial charge in [0, 0.05) is 18.3 Å². The fraction of sp³-hybridized carbons (Fsp3) is 0.368. The molecule has 1 amide bonds. The van der Waals surface area contributed by atoms with E-state index in [2.05, 4.69) is 16.9 Å². The Hall–Kier alpha value is -1.97. The van der Waals surface area contributed by atoms with Gasteiger partial charge in [0.05, 0.1) is 5.75 Å². The number of nitrogens with zero attached hydrogens (tertiary/aromatic N) is 3. The molecule has 2 aromatic heterocycles. The summed E-state index contributed by atoms with van der Waals surface area (Å²) >= 11 is 7.97. The number of rotatable bonds is 4. The van der Waals surface area contributed by atoms with E-state index in [1.54, 1.807) is 0 Å². The monoisotopic (exact) mass is 432 g/mol. The van der Waals surface area contributed by atoms with E-state index in [4.69, 9.17) is 12.2 Å². The zero-order valence-electron chi connectivity index (χ0n) is 15.4. The van der Waals surface area contributed by atoms with E-state index in [1.807, 2.05) is 39.8 Å². The highest BCUT2D eigenvalue weighted by atomic mass is 32.2. The number of aromatic amines is 1. The van der Waals surface area contributed by atoms with Crippen molar-refractivity contribution >= 4 is 51.6 Å². The Labute approximate surface area is 175 Å². The molecule has 1 aromatic carbocycles. The number of thioether (sulfide) groups is 1. The average Bonchev–Trinajstić information content (AvgIpc) is 3.03. The smallest absolute Gasteiger partial charge is 0.271 e. The van der Waals surface area contributed by atoms with Gasteiger partial charge in [0.1, 0.15) is 4.70 Å². The Morgan fingerprint density at radius 3 is 2.89 bits per heavy atom. The first-order valence-electron chi connectivity index (χ1n) is 9.18. The minimum atomic E-state index is -0.225. The molecule has 1 aliphatic rings. The molecule has 1 fully saturated rings. The maximum absolute atomic E-state index is 12.6. The lowest BCUT2D eigenvalue weighted by molar-refractivity contribution is -0.131. The van der Waals surface area contributed by atoms with Crippen molar-refractivity contribution in [3.63, 3.8) is 0 Å². The number of hydrogen-bond donors (Lipinski definition) is 1. The van der Waals surface area contributed by atoms with Crippen molar-refractivity contribution in [3.8, 4) is 5.69 Å². The number of carbonyl (C=O) groups is 1. The van der Waals surface area contributed by atoms with Crippen LogP contribution in [0.4, 0.5) is 0 Å². The fourth-order valence-corrected chi connectivity index (χ4v) is 5.46. The second-order valence-corrected chi connectivity index (χ2v) is 9.39. The first-order valence-corrected chi connectivity index (χ1v) is 11.4. The largest absolute Gasteiger partial charge is 0.339 e. The van der Waals surface area contributed by atoms with Crippen LogP contribution in [0.1, 0.15) is 26.2 Å². The lowest BCUT2D eigenvalue weighted by Gasteiger charge is -2.33. The number of likely N-dealkylation sites (tertiary alicyclic amines) is 1. The summed E-state index contributed by atoms with van der Waals surface area (Å²) in [5.41, 5.74) is 1.18. The van der Waals surface area contributed by atoms with Crippen LogP contribution in [0.15, 0.2) is 40.3 Å². The molecular weight excluding hydrogens is 412 g/mol. The molecule has 0 saturated carbocycles. The molecule has 3 heterocycles. The standard InChI is InChI=1S/C19H20N4O2S3/c1-12-7-5-6-10-22(12)14(24)11-27-18-20-16-15(17(25)21-18)28-19(26)23(16)13-8-3-2-4-9-13/h2-4,8-9,12H,5-7,10-11H2,1H3,(H,20,21,25)/t12-/m1/s1. The highest BCUT2D eigenvalue weighted by molar-refractivity contribution is 7.99. The van der Waals surface area contributed by atoms with Gasteiger partial charge in [-0.2, -0.15) is 0 Å². The fourth-order valence-electron chi connectivity index (χ4n) is 3.45. The molecule has 0 aliphatic carbocycles. The third-order valence-corrected chi connectivity index (χ3v) is 7.11. The summed E-state index contributed by atoms with van der Waals surface area (Å²) in [5.74, 6) is 0.347. The van der Waals surface area contributed by atoms with E-state index in [0.29, 0.717) is 19.5 Å². The van der Waals surface area contributed by atoms with Crippen LogP contribution in [0.25, 0.3) is 16.0 Å². The molecule has 146 valence electrons. The molecule has 3 aromatic rings. The van der Waals surface area contributed by atoms with Crippen LogP contribution in [0, 0.1) is 3.95 Å². The van der Waals surface area contributed by atoms with Crippen LogP contribution >= 0.6 is 35.3 Å². The number of piperidine rings is 1. The maximum Gasteiger partial charge on any atom is 0.271 e. The van der Waals surface area contributed by atoms with E-state index in [-0.39, 0.29) is 23.3 Å². The predicted molar refractivity (Wildman–Crippen MR) is 116 cm³/mol. The first kappa shape index (κ1) is 19.4. The summed E-state index contributed by atoms with van der Waals surface area (Å²) in [7, 11) is 0. The van der Waals surface area contributed by atoms with E-state index >= 15 is 0 Å². The summed E-state index contributed by atoms with van der Waals surface area (Å²) < 4.78 is 2.87. The summed E-state index contributed by atoms with van der Waals surface area (Å²) in [4.78, 5) is 34.5. The average molecular weight is 433 g/mol. The van der Waals surface area contributed by atoms with E-state index in [1.165, 1.54) is 29.5 Å². The van der Waals surface area contributed by atoms with Gasteiger partial charge in [-0.3, -0.25) is 14.2 Å². The van der Waals surface area contributed by atoms with Crippen LogP contribution < -0.4 is 5.56 Å². The van der Waals surface area contributed by atoms with Crippen LogP contribution in [0.2, 0.25) is 0 Å². The molecule has 0 radical (unpaired) electrons. The number of fused-ring (bicyclic) bond motifs is 1. The van der Waals surface area contributed by atoms with Gasteiger partial charge >= 0.3 is 0 Å². The van der Waals surface area contributed by atoms with Crippen molar-refractivity contribution in [2.45, 2.75) is 37.4 Å². The number of benzene rings is 1. The molecule has 9 heteroatoms. The van der Waals surface area contributed by atoms with Gasteiger partial charge < -0.3 is 9.88 Å². The SMILES string of the molecule is C[C@@H]1CCCCN1C(=O)CSc1nc2c(sc(=S)n2-c2ccccc2)c(=O)[nH]1. The van der Waals surface area contributed by atoms with Gasteiger partial charge in [-0.05, 0) is 50.5 Å². The molecule has 0 spiro atoms. The molecule has 1 saturated heterocycles. The highest BCUT2D eigenvalue weighted by Crippen LogP contribution is 2.25. The van der Waals surface area contributed by atoms with Crippen LogP contribution in [-0.4, -0.2) is 43.7 Å². The number of para-hydroxylation sites is 1. The Balaban J connectivity index is 1.63. The summed E-state index contributed by atoms with van der Waals surface area (Å²) in [5, 5.41) is 0.438.